The van der Waals surface area contributed by atoms with Gasteiger partial charge in [0.2, 0.25) is 5.91 Å². The lowest BCUT2D eigenvalue weighted by atomic mass is 9.97. The van der Waals surface area contributed by atoms with Crippen LogP contribution in [0.15, 0.2) is 29.2 Å². The SMILES string of the molecule is CC(C)(C)OC(=O)NCCNC(=O)C1CCCN(Cc2cc(=O)n3cc(Cl)ccc3n2)C1. The van der Waals surface area contributed by atoms with Gasteiger partial charge < -0.3 is 15.4 Å². The molecule has 3 rings (SSSR count). The van der Waals surface area contributed by atoms with Crippen molar-refractivity contribution in [2.24, 2.45) is 5.92 Å². The van der Waals surface area contributed by atoms with E-state index < -0.39 is 11.7 Å². The molecule has 174 valence electrons. The molecule has 0 aliphatic carbocycles. The van der Waals surface area contributed by atoms with E-state index in [0.29, 0.717) is 42.5 Å². The molecule has 1 aliphatic rings. The normalized spacial score (nSPS) is 17.2. The molecule has 3 heterocycles. The lowest BCUT2D eigenvalue weighted by Crippen LogP contribution is -2.44. The van der Waals surface area contributed by atoms with Crippen LogP contribution in [-0.2, 0) is 16.1 Å². The van der Waals surface area contributed by atoms with Crippen LogP contribution in [0.2, 0.25) is 5.02 Å². The number of rotatable bonds is 6. The van der Waals surface area contributed by atoms with Crippen LogP contribution in [0.1, 0.15) is 39.3 Å². The summed E-state index contributed by atoms with van der Waals surface area (Å²) in [6, 6.07) is 4.92. The second-order valence-electron chi connectivity index (χ2n) is 8.96. The fraction of sp³-hybridized carbons (Fsp3) is 0.545. The zero-order valence-corrected chi connectivity index (χ0v) is 19.4. The Bertz CT molecular complexity index is 1030. The third-order valence-corrected chi connectivity index (χ3v) is 5.25. The third-order valence-electron chi connectivity index (χ3n) is 5.03. The predicted molar refractivity (Wildman–Crippen MR) is 122 cm³/mol. The van der Waals surface area contributed by atoms with E-state index in [0.717, 1.165) is 19.4 Å². The number of fused-ring (bicyclic) bond motifs is 1. The van der Waals surface area contributed by atoms with Crippen molar-refractivity contribution in [3.63, 3.8) is 0 Å². The highest BCUT2D eigenvalue weighted by Gasteiger charge is 2.26. The first-order valence-electron chi connectivity index (χ1n) is 10.8. The highest BCUT2D eigenvalue weighted by Crippen LogP contribution is 2.18. The fourth-order valence-electron chi connectivity index (χ4n) is 3.66. The molecule has 2 amide bonds. The number of amides is 2. The molecule has 1 fully saturated rings. The van der Waals surface area contributed by atoms with Crippen LogP contribution in [0.4, 0.5) is 4.79 Å². The van der Waals surface area contributed by atoms with Crippen molar-refractivity contribution >= 4 is 29.2 Å². The highest BCUT2D eigenvalue weighted by molar-refractivity contribution is 6.30. The lowest BCUT2D eigenvalue weighted by molar-refractivity contribution is -0.126. The number of hydrogen-bond donors (Lipinski definition) is 2. The molecule has 0 aromatic carbocycles. The quantitative estimate of drug-likeness (QED) is 0.636. The smallest absolute Gasteiger partial charge is 0.407 e. The minimum absolute atomic E-state index is 0.0399. The molecular formula is C22H30ClN5O4. The van der Waals surface area contributed by atoms with Crippen LogP contribution >= 0.6 is 11.6 Å². The zero-order valence-electron chi connectivity index (χ0n) is 18.7. The maximum Gasteiger partial charge on any atom is 0.407 e. The molecule has 9 nitrogen and oxygen atoms in total. The van der Waals surface area contributed by atoms with Gasteiger partial charge in [0.25, 0.3) is 5.56 Å². The van der Waals surface area contributed by atoms with Gasteiger partial charge in [-0.15, -0.1) is 0 Å². The minimum atomic E-state index is -0.558. The number of likely N-dealkylation sites (tertiary alicyclic amines) is 1. The Kier molecular flexibility index (Phi) is 7.73. The Morgan fingerprint density at radius 3 is 2.75 bits per heavy atom. The molecule has 1 saturated heterocycles. The number of carbonyl (C=O) groups is 2. The number of aromatic nitrogens is 2. The number of piperidine rings is 1. The molecule has 2 N–H and O–H groups in total. The molecule has 1 atom stereocenters. The number of halogens is 1. The van der Waals surface area contributed by atoms with E-state index in [1.54, 1.807) is 39.1 Å². The van der Waals surface area contributed by atoms with Gasteiger partial charge in [0, 0.05) is 38.4 Å². The van der Waals surface area contributed by atoms with Crippen LogP contribution in [0.25, 0.3) is 5.65 Å². The molecule has 32 heavy (non-hydrogen) atoms. The second-order valence-corrected chi connectivity index (χ2v) is 9.39. The van der Waals surface area contributed by atoms with Gasteiger partial charge in [0.05, 0.1) is 16.6 Å². The molecule has 2 aromatic rings. The summed E-state index contributed by atoms with van der Waals surface area (Å²) in [5, 5.41) is 5.98. The van der Waals surface area contributed by atoms with Crippen molar-refractivity contribution in [3.05, 3.63) is 45.5 Å². The fourth-order valence-corrected chi connectivity index (χ4v) is 3.82. The summed E-state index contributed by atoms with van der Waals surface area (Å²) in [4.78, 5) is 43.3. The minimum Gasteiger partial charge on any atom is -0.444 e. The van der Waals surface area contributed by atoms with Gasteiger partial charge in [0.1, 0.15) is 11.2 Å². The molecule has 2 aromatic heterocycles. The van der Waals surface area contributed by atoms with Crippen molar-refractivity contribution < 1.29 is 14.3 Å². The number of carbonyl (C=O) groups excluding carboxylic acids is 2. The van der Waals surface area contributed by atoms with Gasteiger partial charge >= 0.3 is 6.09 Å². The average molecular weight is 464 g/mol. The van der Waals surface area contributed by atoms with Crippen LogP contribution in [0, 0.1) is 5.92 Å². The topological polar surface area (TPSA) is 105 Å². The summed E-state index contributed by atoms with van der Waals surface area (Å²) >= 11 is 5.96. The second kappa shape index (κ2) is 10.3. The molecule has 0 saturated carbocycles. The van der Waals surface area contributed by atoms with E-state index in [9.17, 15) is 14.4 Å². The standard InChI is InChI=1S/C22H30ClN5O4/c1-22(2,3)32-21(31)25-9-8-24-20(30)15-5-4-10-27(12-15)14-17-11-19(29)28-13-16(23)6-7-18(28)26-17/h6-7,11,13,15H,4-5,8-10,12,14H2,1-3H3,(H,24,30)(H,25,31). The summed E-state index contributed by atoms with van der Waals surface area (Å²) in [6.45, 7) is 7.94. The van der Waals surface area contributed by atoms with Gasteiger partial charge in [0.15, 0.2) is 0 Å². The highest BCUT2D eigenvalue weighted by atomic mass is 35.5. The zero-order chi connectivity index (χ0) is 23.3. The Morgan fingerprint density at radius 1 is 1.25 bits per heavy atom. The number of pyridine rings is 1. The van der Waals surface area contributed by atoms with Gasteiger partial charge in [-0.1, -0.05) is 11.6 Å². The monoisotopic (exact) mass is 463 g/mol. The maximum absolute atomic E-state index is 12.6. The van der Waals surface area contributed by atoms with Gasteiger partial charge in [-0.3, -0.25) is 18.9 Å². The van der Waals surface area contributed by atoms with E-state index >= 15 is 0 Å². The first-order valence-corrected chi connectivity index (χ1v) is 11.1. The summed E-state index contributed by atoms with van der Waals surface area (Å²) in [5.41, 5.74) is 0.467. The van der Waals surface area contributed by atoms with Gasteiger partial charge in [-0.2, -0.15) is 0 Å². The van der Waals surface area contributed by atoms with E-state index in [2.05, 4.69) is 20.5 Å². The van der Waals surface area contributed by atoms with Crippen LogP contribution < -0.4 is 16.2 Å². The van der Waals surface area contributed by atoms with Crippen molar-refractivity contribution in [2.75, 3.05) is 26.2 Å². The van der Waals surface area contributed by atoms with Crippen molar-refractivity contribution in [1.29, 1.82) is 0 Å². The molecule has 0 bridgehead atoms. The Hall–Kier alpha value is -2.65. The summed E-state index contributed by atoms with van der Waals surface area (Å²) in [5.74, 6) is -0.187. The third kappa shape index (κ3) is 6.93. The number of ether oxygens (including phenoxy) is 1. The average Bonchev–Trinajstić information content (AvgIpc) is 2.70. The molecule has 1 aliphatic heterocycles. The lowest BCUT2D eigenvalue weighted by Gasteiger charge is -2.31. The Labute approximate surface area is 192 Å². The molecule has 1 unspecified atom stereocenters. The molecule has 10 heteroatoms. The molecular weight excluding hydrogens is 434 g/mol. The van der Waals surface area contributed by atoms with E-state index in [1.165, 1.54) is 10.5 Å². The van der Waals surface area contributed by atoms with Gasteiger partial charge in [-0.05, 0) is 52.3 Å². The van der Waals surface area contributed by atoms with Crippen molar-refractivity contribution in [1.82, 2.24) is 24.9 Å². The Balaban J connectivity index is 1.49. The summed E-state index contributed by atoms with van der Waals surface area (Å²) < 4.78 is 6.59. The summed E-state index contributed by atoms with van der Waals surface area (Å²) in [7, 11) is 0. The first-order chi connectivity index (χ1) is 15.1. The van der Waals surface area contributed by atoms with Crippen molar-refractivity contribution in [3.8, 4) is 0 Å². The number of nitrogens with zero attached hydrogens (tertiary/aromatic N) is 3. The molecule has 0 spiro atoms. The maximum atomic E-state index is 12.6. The number of alkyl carbamates (subject to hydrolysis) is 1. The van der Waals surface area contributed by atoms with E-state index in [4.69, 9.17) is 16.3 Å². The van der Waals surface area contributed by atoms with Crippen LogP contribution in [0.3, 0.4) is 0 Å². The molecule has 0 radical (unpaired) electrons. The Morgan fingerprint density at radius 2 is 2.00 bits per heavy atom. The number of hydrogen-bond acceptors (Lipinski definition) is 6. The van der Waals surface area contributed by atoms with Crippen molar-refractivity contribution in [2.45, 2.75) is 45.8 Å². The predicted octanol–water partition coefficient (Wildman–Crippen LogP) is 2.20. The summed E-state index contributed by atoms with van der Waals surface area (Å²) in [6.07, 6.45) is 2.73. The van der Waals surface area contributed by atoms with E-state index in [1.807, 2.05) is 0 Å². The number of nitrogens with one attached hydrogen (secondary N) is 2. The van der Waals surface area contributed by atoms with Crippen LogP contribution in [-0.4, -0.2) is 58.1 Å². The van der Waals surface area contributed by atoms with Crippen LogP contribution in [0.5, 0.6) is 0 Å². The van der Waals surface area contributed by atoms with E-state index in [-0.39, 0.29) is 17.4 Å². The first kappa shape index (κ1) is 24.0. The van der Waals surface area contributed by atoms with Gasteiger partial charge in [-0.25, -0.2) is 9.78 Å². The largest absolute Gasteiger partial charge is 0.444 e.